The minimum atomic E-state index is 0.136. The van der Waals surface area contributed by atoms with Gasteiger partial charge in [0.15, 0.2) is 5.78 Å². The molecule has 0 spiro atoms. The van der Waals surface area contributed by atoms with Gasteiger partial charge in [-0.2, -0.15) is 0 Å². The van der Waals surface area contributed by atoms with E-state index < -0.39 is 0 Å². The van der Waals surface area contributed by atoms with Gasteiger partial charge < -0.3 is 14.7 Å². The zero-order chi connectivity index (χ0) is 24.1. The van der Waals surface area contributed by atoms with Gasteiger partial charge in [0.2, 0.25) is 6.41 Å². The summed E-state index contributed by atoms with van der Waals surface area (Å²) < 4.78 is 0. The van der Waals surface area contributed by atoms with Gasteiger partial charge in [0.05, 0.1) is 11.4 Å². The normalized spacial score (nSPS) is 10.4. The number of rotatable bonds is 12. The number of carbonyl (C=O) groups excluding carboxylic acids is 2. The van der Waals surface area contributed by atoms with Crippen LogP contribution in [0.1, 0.15) is 49.0 Å². The second-order valence-electron chi connectivity index (χ2n) is 7.84. The third kappa shape index (κ3) is 8.64. The predicted molar refractivity (Wildman–Crippen MR) is 137 cm³/mol. The summed E-state index contributed by atoms with van der Waals surface area (Å²) in [7, 11) is 7.62. The van der Waals surface area contributed by atoms with Crippen molar-refractivity contribution < 1.29 is 9.59 Å². The molecule has 0 saturated heterocycles. The van der Waals surface area contributed by atoms with Crippen LogP contribution in [0.3, 0.4) is 0 Å². The molecule has 5 nitrogen and oxygen atoms in total. The molecular formula is C26H38ClN3O2. The second kappa shape index (κ2) is 14.6. The van der Waals surface area contributed by atoms with Crippen LogP contribution in [0.4, 0.5) is 11.4 Å². The number of hydrogen-bond donors (Lipinski definition) is 0. The lowest BCUT2D eigenvalue weighted by atomic mass is 10.0. The highest BCUT2D eigenvalue weighted by molar-refractivity contribution is 6.31. The van der Waals surface area contributed by atoms with Gasteiger partial charge in [0, 0.05) is 44.7 Å². The number of hydrogen-bond acceptors (Lipinski definition) is 4. The fraction of sp³-hybridized carbons (Fsp3) is 0.462. The number of nitrogens with zero attached hydrogens (tertiary/aromatic N) is 3. The van der Waals surface area contributed by atoms with Gasteiger partial charge in [-0.25, -0.2) is 0 Å². The molecule has 0 aliphatic rings. The van der Waals surface area contributed by atoms with E-state index in [-0.39, 0.29) is 5.78 Å². The number of halogens is 1. The van der Waals surface area contributed by atoms with Crippen molar-refractivity contribution in [2.24, 2.45) is 0 Å². The molecule has 0 saturated carbocycles. The maximum absolute atomic E-state index is 12.6. The van der Waals surface area contributed by atoms with Crippen LogP contribution >= 0.6 is 11.6 Å². The largest absolute Gasteiger partial charge is 0.376 e. The first kappa shape index (κ1) is 27.7. The Kier molecular flexibility index (Phi) is 12.7. The number of amides is 1. The average Bonchev–Trinajstić information content (AvgIpc) is 2.81. The van der Waals surface area contributed by atoms with Crippen LogP contribution in [0.15, 0.2) is 42.5 Å². The second-order valence-corrected chi connectivity index (χ2v) is 8.25. The molecule has 176 valence electrons. The number of carbonyl (C=O) groups is 2. The molecule has 0 heterocycles. The van der Waals surface area contributed by atoms with Gasteiger partial charge >= 0.3 is 0 Å². The molecule has 0 aliphatic heterocycles. The highest BCUT2D eigenvalue weighted by Crippen LogP contribution is 2.28. The fourth-order valence-electron chi connectivity index (χ4n) is 3.35. The zero-order valence-corrected chi connectivity index (χ0v) is 21.2. The summed E-state index contributed by atoms with van der Waals surface area (Å²) in [6.07, 6.45) is 4.03. The molecule has 2 rings (SSSR count). The van der Waals surface area contributed by atoms with Crippen molar-refractivity contribution in [1.82, 2.24) is 4.90 Å². The van der Waals surface area contributed by atoms with E-state index in [1.165, 1.54) is 10.5 Å². The van der Waals surface area contributed by atoms with Gasteiger partial charge in [0.1, 0.15) is 0 Å². The van der Waals surface area contributed by atoms with E-state index in [1.54, 1.807) is 13.1 Å². The summed E-state index contributed by atoms with van der Waals surface area (Å²) in [5.74, 6) is 0.136. The molecule has 32 heavy (non-hydrogen) atoms. The predicted octanol–water partition coefficient (Wildman–Crippen LogP) is 5.55. The number of unbranched alkanes of at least 4 members (excludes halogenated alkanes) is 1. The molecule has 6 heteroatoms. The third-order valence-corrected chi connectivity index (χ3v) is 5.60. The highest BCUT2D eigenvalue weighted by atomic mass is 35.5. The van der Waals surface area contributed by atoms with Crippen molar-refractivity contribution in [1.29, 1.82) is 0 Å². The Labute approximate surface area is 199 Å². The van der Waals surface area contributed by atoms with Gasteiger partial charge in [-0.1, -0.05) is 43.6 Å². The molecule has 0 radical (unpaired) electrons. The Morgan fingerprint density at radius 3 is 2.25 bits per heavy atom. The minimum Gasteiger partial charge on any atom is -0.376 e. The molecule has 0 atom stereocenters. The van der Waals surface area contributed by atoms with Crippen molar-refractivity contribution in [3.8, 4) is 0 Å². The monoisotopic (exact) mass is 459 g/mol. The van der Waals surface area contributed by atoms with E-state index >= 15 is 0 Å². The Balaban J connectivity index is 0.00000249. The Morgan fingerprint density at radius 1 is 0.938 bits per heavy atom. The number of likely N-dealkylation sites (N-methyl/N-ethyl adjacent to an activating group) is 1. The summed E-state index contributed by atoms with van der Waals surface area (Å²) >= 11 is 6.21. The Hall–Kier alpha value is -2.37. The maximum atomic E-state index is 12.6. The summed E-state index contributed by atoms with van der Waals surface area (Å²) in [5, 5.41) is 0.818. The van der Waals surface area contributed by atoms with Gasteiger partial charge in [0.25, 0.3) is 0 Å². The third-order valence-electron chi connectivity index (χ3n) is 5.23. The first-order valence-corrected chi connectivity index (χ1v) is 11.7. The van der Waals surface area contributed by atoms with Crippen LogP contribution in [-0.4, -0.2) is 58.4 Å². The molecule has 0 N–H and O–H groups in total. The number of Topliss-reactive ketones (excluding diaryl/α,β-unsaturated/α-hetero) is 1. The van der Waals surface area contributed by atoms with Crippen LogP contribution in [0, 0.1) is 0 Å². The highest BCUT2D eigenvalue weighted by Gasteiger charge is 2.13. The van der Waals surface area contributed by atoms with Crippen molar-refractivity contribution in [2.45, 2.75) is 39.5 Å². The van der Waals surface area contributed by atoms with Crippen molar-refractivity contribution in [2.75, 3.05) is 51.1 Å². The topological polar surface area (TPSA) is 43.9 Å². The molecule has 2 aromatic carbocycles. The summed E-state index contributed by atoms with van der Waals surface area (Å²) in [6.45, 7) is 5.89. The molecule has 1 amide bonds. The van der Waals surface area contributed by atoms with E-state index in [2.05, 4.69) is 18.0 Å². The van der Waals surface area contributed by atoms with Crippen LogP contribution in [0.5, 0.6) is 0 Å². The maximum Gasteiger partial charge on any atom is 0.213 e. The lowest BCUT2D eigenvalue weighted by Crippen LogP contribution is -2.22. The van der Waals surface area contributed by atoms with Crippen molar-refractivity contribution in [3.05, 3.63) is 58.6 Å². The summed E-state index contributed by atoms with van der Waals surface area (Å²) in [6, 6.07) is 13.5. The van der Waals surface area contributed by atoms with Crippen LogP contribution < -0.4 is 9.80 Å². The zero-order valence-electron chi connectivity index (χ0n) is 20.4. The quantitative estimate of drug-likeness (QED) is 0.237. The number of benzene rings is 2. The van der Waals surface area contributed by atoms with Gasteiger partial charge in [-0.15, -0.1) is 0 Å². The molecule has 2 aromatic rings. The van der Waals surface area contributed by atoms with E-state index in [0.29, 0.717) is 12.0 Å². The number of anilines is 2. The smallest absolute Gasteiger partial charge is 0.213 e. The standard InChI is InChI=1S/C24H32ClN3O2.C2H6/c1-26(2)23-17-20(12-13-22(23)28(4)18-29)24(30)11-7-8-15-27(3)16-14-19-9-5-6-10-21(19)25;1-2/h5-6,9-10,12-13,17-18H,7-8,11,14-16H2,1-4H3;1-2H3. The molecule has 0 bridgehead atoms. The Morgan fingerprint density at radius 2 is 1.62 bits per heavy atom. The first-order valence-electron chi connectivity index (χ1n) is 11.3. The molecule has 0 unspecified atom stereocenters. The van der Waals surface area contributed by atoms with Crippen LogP contribution in [-0.2, 0) is 11.2 Å². The van der Waals surface area contributed by atoms with E-state index in [0.717, 1.165) is 55.2 Å². The van der Waals surface area contributed by atoms with E-state index in [4.69, 9.17) is 11.6 Å². The van der Waals surface area contributed by atoms with Gasteiger partial charge in [-0.05, 0) is 62.7 Å². The van der Waals surface area contributed by atoms with E-state index in [9.17, 15) is 9.59 Å². The van der Waals surface area contributed by atoms with Gasteiger partial charge in [-0.3, -0.25) is 9.59 Å². The average molecular weight is 460 g/mol. The molecular weight excluding hydrogens is 422 g/mol. The van der Waals surface area contributed by atoms with Crippen LogP contribution in [0.25, 0.3) is 0 Å². The lowest BCUT2D eigenvalue weighted by Gasteiger charge is -2.22. The Bertz CT molecular complexity index is 855. The fourth-order valence-corrected chi connectivity index (χ4v) is 3.58. The number of ketones is 1. The SMILES string of the molecule is CC.CN(CCCCC(=O)c1ccc(N(C)C=O)c(N(C)C)c1)CCc1ccccc1Cl. The minimum absolute atomic E-state index is 0.136. The van der Waals surface area contributed by atoms with E-state index in [1.807, 2.05) is 63.2 Å². The van der Waals surface area contributed by atoms with Crippen molar-refractivity contribution >= 4 is 35.2 Å². The molecule has 0 fully saturated rings. The summed E-state index contributed by atoms with van der Waals surface area (Å²) in [4.78, 5) is 29.4. The van der Waals surface area contributed by atoms with Crippen molar-refractivity contribution in [3.63, 3.8) is 0 Å². The molecule has 0 aromatic heterocycles. The molecule has 0 aliphatic carbocycles. The lowest BCUT2D eigenvalue weighted by molar-refractivity contribution is -0.107. The first-order chi connectivity index (χ1) is 15.3. The summed E-state index contributed by atoms with van der Waals surface area (Å²) in [5.41, 5.74) is 3.50. The van der Waals surface area contributed by atoms with Crippen LogP contribution in [0.2, 0.25) is 5.02 Å².